The molecule has 6 nitrogen and oxygen atoms in total. The normalized spacial score (nSPS) is 29.0. The highest BCUT2D eigenvalue weighted by atomic mass is 16.3. The molecule has 2 atom stereocenters. The molecule has 4 rings (SSSR count). The predicted octanol–water partition coefficient (Wildman–Crippen LogP) is 1.28. The van der Waals surface area contributed by atoms with Gasteiger partial charge in [0.2, 0.25) is 5.91 Å². The lowest BCUT2D eigenvalue weighted by molar-refractivity contribution is -0.144. The van der Waals surface area contributed by atoms with Crippen molar-refractivity contribution < 1.29 is 9.90 Å². The van der Waals surface area contributed by atoms with Gasteiger partial charge in [-0.3, -0.25) is 9.59 Å². The number of aliphatic hydroxyl groups is 1. The molecular formula is C19H27N3O3. The van der Waals surface area contributed by atoms with Gasteiger partial charge in [0.25, 0.3) is 5.56 Å². The molecule has 0 unspecified atom stereocenters. The van der Waals surface area contributed by atoms with E-state index in [2.05, 4.69) is 5.10 Å². The van der Waals surface area contributed by atoms with Gasteiger partial charge < -0.3 is 10.0 Å². The van der Waals surface area contributed by atoms with Crippen molar-refractivity contribution in [3.05, 3.63) is 27.7 Å². The third-order valence-corrected chi connectivity index (χ3v) is 6.34. The number of aromatic nitrogens is 2. The largest absolute Gasteiger partial charge is 0.389 e. The van der Waals surface area contributed by atoms with E-state index in [0.717, 1.165) is 62.6 Å². The highest BCUT2D eigenvalue weighted by Gasteiger charge is 2.43. The SMILES string of the molecule is O=C(Cn1nc2c(cc1=O)CCCC2)N1CC[C@]2(O)CCCC[C@H]2C1. The maximum atomic E-state index is 12.7. The van der Waals surface area contributed by atoms with Crippen LogP contribution in [0.5, 0.6) is 0 Å². The van der Waals surface area contributed by atoms with Gasteiger partial charge in [0.15, 0.2) is 0 Å². The first-order valence-electron chi connectivity index (χ1n) is 9.65. The zero-order valence-electron chi connectivity index (χ0n) is 14.7. The summed E-state index contributed by atoms with van der Waals surface area (Å²) in [5, 5.41) is 15.2. The standard InChI is InChI=1S/C19H27N3O3/c23-17-11-14-5-1-2-7-16(14)20-22(17)13-18(24)21-10-9-19(25)8-4-3-6-15(19)12-21/h11,15,25H,1-10,12-13H2/t15-,19+/m0/s1. The average Bonchev–Trinajstić information content (AvgIpc) is 2.61. The van der Waals surface area contributed by atoms with Gasteiger partial charge in [0.05, 0.1) is 11.3 Å². The lowest BCUT2D eigenvalue weighted by atomic mass is 9.71. The molecule has 1 aromatic rings. The summed E-state index contributed by atoms with van der Waals surface area (Å²) in [7, 11) is 0. The summed E-state index contributed by atoms with van der Waals surface area (Å²) in [6.07, 6.45) is 8.70. The molecule has 0 bridgehead atoms. The molecule has 2 heterocycles. The number of hydrogen-bond donors (Lipinski definition) is 1. The Kier molecular flexibility index (Phi) is 4.40. The second-order valence-corrected chi connectivity index (χ2v) is 7.96. The smallest absolute Gasteiger partial charge is 0.267 e. The Morgan fingerprint density at radius 2 is 2.08 bits per heavy atom. The van der Waals surface area contributed by atoms with Crippen molar-refractivity contribution in [2.24, 2.45) is 5.92 Å². The van der Waals surface area contributed by atoms with Crippen LogP contribution in [0.1, 0.15) is 56.2 Å². The van der Waals surface area contributed by atoms with E-state index in [4.69, 9.17) is 0 Å². The van der Waals surface area contributed by atoms with Crippen LogP contribution in [-0.2, 0) is 24.2 Å². The number of fused-ring (bicyclic) bond motifs is 2. The van der Waals surface area contributed by atoms with E-state index in [9.17, 15) is 14.7 Å². The average molecular weight is 345 g/mol. The van der Waals surface area contributed by atoms with Crippen molar-refractivity contribution in [2.75, 3.05) is 13.1 Å². The minimum absolute atomic E-state index is 0.0112. The van der Waals surface area contributed by atoms with Gasteiger partial charge in [-0.15, -0.1) is 0 Å². The van der Waals surface area contributed by atoms with E-state index in [-0.39, 0.29) is 23.9 Å². The Bertz CT molecular complexity index is 729. The number of carbonyl (C=O) groups is 1. The molecule has 1 aliphatic heterocycles. The Morgan fingerprint density at radius 3 is 2.96 bits per heavy atom. The van der Waals surface area contributed by atoms with Crippen molar-refractivity contribution in [1.82, 2.24) is 14.7 Å². The highest BCUT2D eigenvalue weighted by molar-refractivity contribution is 5.76. The van der Waals surface area contributed by atoms with Crippen LogP contribution in [-0.4, -0.2) is 44.4 Å². The molecule has 2 aliphatic carbocycles. The molecule has 0 radical (unpaired) electrons. The van der Waals surface area contributed by atoms with Crippen molar-refractivity contribution in [2.45, 2.75) is 69.9 Å². The second-order valence-electron chi connectivity index (χ2n) is 7.96. The van der Waals surface area contributed by atoms with E-state index in [1.807, 2.05) is 4.90 Å². The van der Waals surface area contributed by atoms with Crippen LogP contribution >= 0.6 is 0 Å². The molecule has 25 heavy (non-hydrogen) atoms. The van der Waals surface area contributed by atoms with Gasteiger partial charge in [-0.1, -0.05) is 12.8 Å². The highest BCUT2D eigenvalue weighted by Crippen LogP contribution is 2.39. The monoisotopic (exact) mass is 345 g/mol. The molecule has 1 saturated carbocycles. The number of rotatable bonds is 2. The second kappa shape index (κ2) is 6.56. The number of likely N-dealkylation sites (tertiary alicyclic amines) is 1. The van der Waals surface area contributed by atoms with Crippen molar-refractivity contribution in [3.63, 3.8) is 0 Å². The van der Waals surface area contributed by atoms with Crippen molar-refractivity contribution in [3.8, 4) is 0 Å². The minimum Gasteiger partial charge on any atom is -0.389 e. The predicted molar refractivity (Wildman–Crippen MR) is 93.2 cm³/mol. The van der Waals surface area contributed by atoms with Crippen LogP contribution < -0.4 is 5.56 Å². The number of amides is 1. The summed E-state index contributed by atoms with van der Waals surface area (Å²) < 4.78 is 1.33. The van der Waals surface area contributed by atoms with Crippen LogP contribution in [0.25, 0.3) is 0 Å². The topological polar surface area (TPSA) is 75.4 Å². The van der Waals surface area contributed by atoms with Crippen LogP contribution in [0.3, 0.4) is 0 Å². The number of carbonyl (C=O) groups excluding carboxylic acids is 1. The van der Waals surface area contributed by atoms with Crippen LogP contribution in [0, 0.1) is 5.92 Å². The van der Waals surface area contributed by atoms with E-state index in [1.54, 1.807) is 6.07 Å². The zero-order chi connectivity index (χ0) is 17.4. The third-order valence-electron chi connectivity index (χ3n) is 6.34. The first kappa shape index (κ1) is 16.8. The summed E-state index contributed by atoms with van der Waals surface area (Å²) in [5.74, 6) is 0.116. The fraction of sp³-hybridized carbons (Fsp3) is 0.737. The van der Waals surface area contributed by atoms with Crippen molar-refractivity contribution >= 4 is 5.91 Å². The number of piperidine rings is 1. The molecule has 1 saturated heterocycles. The lowest BCUT2D eigenvalue weighted by Gasteiger charge is -2.47. The molecular weight excluding hydrogens is 318 g/mol. The van der Waals surface area contributed by atoms with Gasteiger partial charge in [0, 0.05) is 25.1 Å². The molecule has 1 amide bonds. The van der Waals surface area contributed by atoms with E-state index < -0.39 is 5.60 Å². The van der Waals surface area contributed by atoms with Gasteiger partial charge in [-0.05, 0) is 50.5 Å². The summed E-state index contributed by atoms with van der Waals surface area (Å²) in [6, 6.07) is 1.66. The van der Waals surface area contributed by atoms with E-state index in [1.165, 1.54) is 4.68 Å². The van der Waals surface area contributed by atoms with Gasteiger partial charge >= 0.3 is 0 Å². The van der Waals surface area contributed by atoms with Gasteiger partial charge in [-0.25, -0.2) is 4.68 Å². The lowest BCUT2D eigenvalue weighted by Crippen LogP contribution is -2.55. The summed E-state index contributed by atoms with van der Waals surface area (Å²) in [6.45, 7) is 1.19. The molecule has 6 heteroatoms. The first-order valence-corrected chi connectivity index (χ1v) is 9.65. The van der Waals surface area contributed by atoms with Gasteiger partial charge in [0.1, 0.15) is 6.54 Å². The maximum Gasteiger partial charge on any atom is 0.267 e. The number of nitrogens with zero attached hydrogens (tertiary/aromatic N) is 3. The molecule has 0 spiro atoms. The maximum absolute atomic E-state index is 12.7. The van der Waals surface area contributed by atoms with E-state index in [0.29, 0.717) is 19.5 Å². The molecule has 1 aromatic heterocycles. The van der Waals surface area contributed by atoms with E-state index >= 15 is 0 Å². The first-order chi connectivity index (χ1) is 12.0. The quantitative estimate of drug-likeness (QED) is 0.876. The zero-order valence-corrected chi connectivity index (χ0v) is 14.7. The molecule has 3 aliphatic rings. The molecule has 0 aromatic carbocycles. The summed E-state index contributed by atoms with van der Waals surface area (Å²) >= 11 is 0. The molecule has 2 fully saturated rings. The summed E-state index contributed by atoms with van der Waals surface area (Å²) in [5.41, 5.74) is 1.25. The fourth-order valence-corrected chi connectivity index (χ4v) is 4.74. The Morgan fingerprint density at radius 1 is 1.24 bits per heavy atom. The fourth-order valence-electron chi connectivity index (χ4n) is 4.74. The number of aryl methyl sites for hydroxylation is 2. The minimum atomic E-state index is -0.587. The Labute approximate surface area is 147 Å². The summed E-state index contributed by atoms with van der Waals surface area (Å²) in [4.78, 5) is 26.8. The van der Waals surface area contributed by atoms with Crippen LogP contribution in [0.15, 0.2) is 10.9 Å². The third kappa shape index (κ3) is 3.24. The Balaban J connectivity index is 1.46. The molecule has 136 valence electrons. The van der Waals surface area contributed by atoms with Crippen LogP contribution in [0.4, 0.5) is 0 Å². The van der Waals surface area contributed by atoms with Crippen molar-refractivity contribution in [1.29, 1.82) is 0 Å². The Hall–Kier alpha value is -1.69. The number of hydrogen-bond acceptors (Lipinski definition) is 4. The van der Waals surface area contributed by atoms with Gasteiger partial charge in [-0.2, -0.15) is 5.10 Å². The molecule has 1 N–H and O–H groups in total. The van der Waals surface area contributed by atoms with Crippen LogP contribution in [0.2, 0.25) is 0 Å².